The van der Waals surface area contributed by atoms with Gasteiger partial charge in [0.25, 0.3) is 6.43 Å². The van der Waals surface area contributed by atoms with E-state index in [1.807, 2.05) is 0 Å². The van der Waals surface area contributed by atoms with Gasteiger partial charge >= 0.3 is 5.97 Å². The number of nitrogens with zero attached hydrogens (tertiary/aromatic N) is 1. The van der Waals surface area contributed by atoms with Crippen molar-refractivity contribution in [1.82, 2.24) is 0 Å². The molecule has 0 amide bonds. The van der Waals surface area contributed by atoms with Crippen molar-refractivity contribution in [2.24, 2.45) is 0 Å². The van der Waals surface area contributed by atoms with Crippen molar-refractivity contribution < 1.29 is 18.3 Å². The maximum absolute atomic E-state index is 12.9. The Bertz CT molecular complexity index is 478. The van der Waals surface area contributed by atoms with E-state index in [2.05, 4.69) is 0 Å². The molecule has 0 radical (unpaired) electrons. The molecule has 0 atom stereocenters. The molecular weight excluding hydrogens is 228 g/mol. The molecule has 17 heavy (non-hydrogen) atoms. The highest BCUT2D eigenvalue weighted by Gasteiger charge is 2.25. The molecule has 5 heteroatoms. The maximum atomic E-state index is 12.9. The number of nitriles is 1. The number of aryl methyl sites for hydroxylation is 1. The van der Waals surface area contributed by atoms with Gasteiger partial charge in [0.2, 0.25) is 0 Å². The van der Waals surface area contributed by atoms with Crippen molar-refractivity contribution in [3.63, 3.8) is 0 Å². The Kier molecular flexibility index (Phi) is 4.16. The molecule has 0 N–H and O–H groups in total. The van der Waals surface area contributed by atoms with E-state index in [-0.39, 0.29) is 23.3 Å². The average Bonchev–Trinajstić information content (AvgIpc) is 2.28. The van der Waals surface area contributed by atoms with Crippen LogP contribution in [0.4, 0.5) is 8.78 Å². The largest absolute Gasteiger partial charge is 0.462 e. The summed E-state index contributed by atoms with van der Waals surface area (Å²) in [6, 6.07) is 4.46. The van der Waals surface area contributed by atoms with E-state index in [1.54, 1.807) is 13.0 Å². The third-order valence-electron chi connectivity index (χ3n) is 2.28. The van der Waals surface area contributed by atoms with Crippen molar-refractivity contribution >= 4 is 5.97 Å². The number of hydrogen-bond acceptors (Lipinski definition) is 3. The van der Waals surface area contributed by atoms with E-state index in [1.165, 1.54) is 19.1 Å². The van der Waals surface area contributed by atoms with Gasteiger partial charge in [-0.1, -0.05) is 6.07 Å². The van der Waals surface area contributed by atoms with E-state index < -0.39 is 18.0 Å². The summed E-state index contributed by atoms with van der Waals surface area (Å²) < 4.78 is 30.5. The smallest absolute Gasteiger partial charge is 0.339 e. The first kappa shape index (κ1) is 13.1. The predicted molar refractivity (Wildman–Crippen MR) is 56.8 cm³/mol. The highest BCUT2D eigenvalue weighted by atomic mass is 19.3. The van der Waals surface area contributed by atoms with Crippen molar-refractivity contribution in [2.45, 2.75) is 20.3 Å². The number of rotatable bonds is 3. The second kappa shape index (κ2) is 5.39. The highest BCUT2D eigenvalue weighted by Crippen LogP contribution is 2.29. The quantitative estimate of drug-likeness (QED) is 0.762. The van der Waals surface area contributed by atoms with Crippen molar-refractivity contribution in [1.29, 1.82) is 5.26 Å². The van der Waals surface area contributed by atoms with Gasteiger partial charge in [-0.15, -0.1) is 0 Å². The molecule has 0 aliphatic heterocycles. The summed E-state index contributed by atoms with van der Waals surface area (Å²) in [6.07, 6.45) is -2.82. The van der Waals surface area contributed by atoms with Crippen molar-refractivity contribution in [2.75, 3.05) is 6.61 Å². The molecule has 1 aromatic rings. The van der Waals surface area contributed by atoms with Crippen LogP contribution in [0.3, 0.4) is 0 Å². The van der Waals surface area contributed by atoms with Crippen LogP contribution < -0.4 is 0 Å². The van der Waals surface area contributed by atoms with Gasteiger partial charge in [-0.3, -0.25) is 0 Å². The summed E-state index contributed by atoms with van der Waals surface area (Å²) in [5, 5.41) is 8.83. The van der Waals surface area contributed by atoms with Crippen LogP contribution in [0.15, 0.2) is 12.1 Å². The van der Waals surface area contributed by atoms with Gasteiger partial charge in [0.15, 0.2) is 0 Å². The molecule has 0 bridgehead atoms. The molecule has 1 rings (SSSR count). The number of ether oxygens (including phenoxy) is 1. The Morgan fingerprint density at radius 2 is 2.18 bits per heavy atom. The van der Waals surface area contributed by atoms with Gasteiger partial charge in [0, 0.05) is 5.56 Å². The van der Waals surface area contributed by atoms with Crippen molar-refractivity contribution in [3.05, 3.63) is 34.4 Å². The Hall–Kier alpha value is -1.96. The molecule has 0 aromatic heterocycles. The van der Waals surface area contributed by atoms with Gasteiger partial charge in [0.05, 0.1) is 17.7 Å². The highest BCUT2D eigenvalue weighted by molar-refractivity contribution is 5.94. The Morgan fingerprint density at radius 3 is 2.65 bits per heavy atom. The third-order valence-corrected chi connectivity index (χ3v) is 2.28. The zero-order chi connectivity index (χ0) is 13.0. The van der Waals surface area contributed by atoms with Gasteiger partial charge in [-0.05, 0) is 25.5 Å². The fourth-order valence-corrected chi connectivity index (χ4v) is 1.52. The Labute approximate surface area is 97.6 Å². The van der Waals surface area contributed by atoms with E-state index in [0.717, 1.165) is 0 Å². The molecule has 0 saturated heterocycles. The fourth-order valence-electron chi connectivity index (χ4n) is 1.52. The topological polar surface area (TPSA) is 50.1 Å². The molecule has 1 aromatic carbocycles. The monoisotopic (exact) mass is 239 g/mol. The molecule has 0 fully saturated rings. The summed E-state index contributed by atoms with van der Waals surface area (Å²) in [5.41, 5.74) is -0.585. The molecule has 0 aliphatic carbocycles. The first-order valence-corrected chi connectivity index (χ1v) is 5.01. The SMILES string of the molecule is CCOC(=O)c1c(C#N)ccc(C)c1C(F)F. The van der Waals surface area contributed by atoms with E-state index >= 15 is 0 Å². The summed E-state index contributed by atoms with van der Waals surface area (Å²) in [4.78, 5) is 11.6. The minimum absolute atomic E-state index is 0.0698. The van der Waals surface area contributed by atoms with Crippen LogP contribution in [0.5, 0.6) is 0 Å². The van der Waals surface area contributed by atoms with Gasteiger partial charge in [-0.25, -0.2) is 13.6 Å². The van der Waals surface area contributed by atoms with E-state index in [4.69, 9.17) is 10.00 Å². The average molecular weight is 239 g/mol. The van der Waals surface area contributed by atoms with Gasteiger partial charge in [-0.2, -0.15) is 5.26 Å². The summed E-state index contributed by atoms with van der Waals surface area (Å²) in [6.45, 7) is 3.10. The Balaban J connectivity index is 3.47. The number of halogens is 2. The standard InChI is InChI=1S/C12H11F2NO2/c1-3-17-12(16)10-8(6-15)5-4-7(2)9(10)11(13)14/h4-5,11H,3H2,1-2H3. The lowest BCUT2D eigenvalue weighted by molar-refractivity contribution is 0.0514. The molecular formula is C12H11F2NO2. The molecule has 0 aliphatic rings. The third kappa shape index (κ3) is 2.59. The lowest BCUT2D eigenvalue weighted by atomic mass is 9.97. The fraction of sp³-hybridized carbons (Fsp3) is 0.333. The molecule has 3 nitrogen and oxygen atoms in total. The minimum Gasteiger partial charge on any atom is -0.462 e. The molecule has 0 spiro atoms. The zero-order valence-electron chi connectivity index (χ0n) is 9.46. The van der Waals surface area contributed by atoms with Gasteiger partial charge in [0.1, 0.15) is 6.07 Å². The van der Waals surface area contributed by atoms with Crippen LogP contribution >= 0.6 is 0 Å². The lowest BCUT2D eigenvalue weighted by Crippen LogP contribution is -2.12. The first-order chi connectivity index (χ1) is 8.02. The van der Waals surface area contributed by atoms with Crippen LogP contribution in [-0.4, -0.2) is 12.6 Å². The Morgan fingerprint density at radius 1 is 1.53 bits per heavy atom. The molecule has 0 unspecified atom stereocenters. The number of hydrogen-bond donors (Lipinski definition) is 0. The number of benzene rings is 1. The van der Waals surface area contributed by atoms with Crippen LogP contribution in [0.1, 0.15) is 40.4 Å². The normalized spacial score (nSPS) is 10.1. The number of carbonyl (C=O) groups excluding carboxylic acids is 1. The molecule has 90 valence electrons. The second-order valence-corrected chi connectivity index (χ2v) is 3.35. The summed E-state index contributed by atoms with van der Waals surface area (Å²) >= 11 is 0. The maximum Gasteiger partial charge on any atom is 0.339 e. The van der Waals surface area contributed by atoms with E-state index in [0.29, 0.717) is 0 Å². The lowest BCUT2D eigenvalue weighted by Gasteiger charge is -2.12. The molecule has 0 saturated carbocycles. The number of esters is 1. The van der Waals surface area contributed by atoms with Crippen LogP contribution in [0, 0.1) is 18.3 Å². The minimum atomic E-state index is -2.82. The molecule has 0 heterocycles. The summed E-state index contributed by atoms with van der Waals surface area (Å²) in [7, 11) is 0. The van der Waals surface area contributed by atoms with Crippen LogP contribution in [0.2, 0.25) is 0 Å². The predicted octanol–water partition coefficient (Wildman–Crippen LogP) is 2.98. The van der Waals surface area contributed by atoms with Gasteiger partial charge < -0.3 is 4.74 Å². The number of carbonyl (C=O) groups is 1. The number of alkyl halides is 2. The summed E-state index contributed by atoms with van der Waals surface area (Å²) in [5.74, 6) is -0.886. The van der Waals surface area contributed by atoms with Crippen LogP contribution in [-0.2, 0) is 4.74 Å². The van der Waals surface area contributed by atoms with Crippen molar-refractivity contribution in [3.8, 4) is 6.07 Å². The van der Waals surface area contributed by atoms with Crippen LogP contribution in [0.25, 0.3) is 0 Å². The second-order valence-electron chi connectivity index (χ2n) is 3.35. The zero-order valence-corrected chi connectivity index (χ0v) is 9.46. The first-order valence-electron chi connectivity index (χ1n) is 5.01. The van der Waals surface area contributed by atoms with E-state index in [9.17, 15) is 13.6 Å².